The molecule has 27 heavy (non-hydrogen) atoms. The van der Waals surface area contributed by atoms with Crippen LogP contribution in [0.1, 0.15) is 11.3 Å². The Morgan fingerprint density at radius 1 is 1.07 bits per heavy atom. The van der Waals surface area contributed by atoms with E-state index in [1.165, 1.54) is 30.3 Å². The molecule has 1 heterocycles. The smallest absolute Gasteiger partial charge is 0.325 e. The molecule has 0 aliphatic carbocycles. The van der Waals surface area contributed by atoms with Crippen LogP contribution >= 0.6 is 11.6 Å². The van der Waals surface area contributed by atoms with Crippen LogP contribution < -0.4 is 10.9 Å². The topological polar surface area (TPSA) is 46.9 Å². The summed E-state index contributed by atoms with van der Waals surface area (Å²) >= 11 is 5.89. The third kappa shape index (κ3) is 4.65. The molecule has 0 aliphatic rings. The summed E-state index contributed by atoms with van der Waals surface area (Å²) < 4.78 is 53.3. The van der Waals surface area contributed by atoms with E-state index in [9.17, 15) is 22.4 Å². The highest BCUT2D eigenvalue weighted by molar-refractivity contribution is 6.30. The third-order valence-electron chi connectivity index (χ3n) is 3.63. The van der Waals surface area contributed by atoms with Crippen LogP contribution in [0.2, 0.25) is 5.02 Å². The van der Waals surface area contributed by atoms with Gasteiger partial charge in [-0.05, 0) is 35.9 Å². The normalized spacial score (nSPS) is 11.4. The van der Waals surface area contributed by atoms with E-state index in [-0.39, 0.29) is 12.5 Å². The van der Waals surface area contributed by atoms with Gasteiger partial charge in [0.15, 0.2) is 5.69 Å². The lowest BCUT2D eigenvalue weighted by Gasteiger charge is -2.16. The van der Waals surface area contributed by atoms with Crippen molar-refractivity contribution in [2.75, 3.05) is 5.32 Å². The van der Waals surface area contributed by atoms with Gasteiger partial charge in [-0.1, -0.05) is 29.8 Å². The van der Waals surface area contributed by atoms with Gasteiger partial charge >= 0.3 is 6.18 Å². The highest BCUT2D eigenvalue weighted by Crippen LogP contribution is 2.28. The standard InChI is InChI=1S/C18H12ClF4N3O/c19-12-2-1-3-14(8-12)24-17-25-15(18(21,22)23)9-16(27)26(17)10-11-4-6-13(20)7-5-11/h1-9H,10H2,(H,24,25). The van der Waals surface area contributed by atoms with Crippen LogP contribution in [0.25, 0.3) is 0 Å². The molecular weight excluding hydrogens is 386 g/mol. The van der Waals surface area contributed by atoms with Crippen molar-refractivity contribution in [3.05, 3.63) is 87.0 Å². The molecule has 1 aromatic heterocycles. The zero-order chi connectivity index (χ0) is 19.6. The first-order valence-corrected chi connectivity index (χ1v) is 8.06. The molecule has 2 aromatic carbocycles. The first-order valence-electron chi connectivity index (χ1n) is 7.68. The molecule has 0 amide bonds. The predicted molar refractivity (Wildman–Crippen MR) is 93.7 cm³/mol. The quantitative estimate of drug-likeness (QED) is 0.640. The molecule has 0 saturated carbocycles. The largest absolute Gasteiger partial charge is 0.433 e. The van der Waals surface area contributed by atoms with E-state index in [0.717, 1.165) is 4.57 Å². The number of alkyl halides is 3. The fraction of sp³-hybridized carbons (Fsp3) is 0.111. The molecule has 3 rings (SSSR count). The lowest BCUT2D eigenvalue weighted by Crippen LogP contribution is -2.27. The molecule has 1 N–H and O–H groups in total. The van der Waals surface area contributed by atoms with Crippen LogP contribution in [0.5, 0.6) is 0 Å². The van der Waals surface area contributed by atoms with Crippen molar-refractivity contribution in [1.82, 2.24) is 9.55 Å². The number of hydrogen-bond donors (Lipinski definition) is 1. The first-order chi connectivity index (χ1) is 12.7. The number of nitrogens with zero attached hydrogens (tertiary/aromatic N) is 2. The number of anilines is 2. The molecule has 0 saturated heterocycles. The maximum atomic E-state index is 13.1. The van der Waals surface area contributed by atoms with Gasteiger partial charge in [-0.15, -0.1) is 0 Å². The highest BCUT2D eigenvalue weighted by atomic mass is 35.5. The van der Waals surface area contributed by atoms with Crippen molar-refractivity contribution in [1.29, 1.82) is 0 Å². The van der Waals surface area contributed by atoms with Crippen molar-refractivity contribution in [3.63, 3.8) is 0 Å². The molecule has 0 spiro atoms. The van der Waals surface area contributed by atoms with E-state index in [0.29, 0.717) is 22.3 Å². The van der Waals surface area contributed by atoms with Gasteiger partial charge in [0.2, 0.25) is 5.95 Å². The van der Waals surface area contributed by atoms with Crippen LogP contribution in [0.3, 0.4) is 0 Å². The molecule has 0 aliphatic heterocycles. The lowest BCUT2D eigenvalue weighted by atomic mass is 10.2. The third-order valence-corrected chi connectivity index (χ3v) is 3.87. The van der Waals surface area contributed by atoms with Crippen molar-refractivity contribution in [2.45, 2.75) is 12.7 Å². The van der Waals surface area contributed by atoms with E-state index in [2.05, 4.69) is 10.3 Å². The molecule has 0 atom stereocenters. The average molecular weight is 398 g/mol. The summed E-state index contributed by atoms with van der Waals surface area (Å²) in [6.45, 7) is -0.0901. The zero-order valence-corrected chi connectivity index (χ0v) is 14.4. The Kier molecular flexibility index (Phi) is 5.18. The fourth-order valence-electron chi connectivity index (χ4n) is 2.37. The molecule has 0 unspecified atom stereocenters. The molecule has 0 radical (unpaired) electrons. The van der Waals surface area contributed by atoms with Gasteiger partial charge < -0.3 is 5.32 Å². The van der Waals surface area contributed by atoms with Crippen molar-refractivity contribution in [2.24, 2.45) is 0 Å². The van der Waals surface area contributed by atoms with E-state index >= 15 is 0 Å². The van der Waals surface area contributed by atoms with E-state index in [1.807, 2.05) is 0 Å². The van der Waals surface area contributed by atoms with Gasteiger partial charge in [0.05, 0.1) is 6.54 Å². The molecular formula is C18H12ClF4N3O. The Labute approximate surface area is 156 Å². The number of rotatable bonds is 4. The summed E-state index contributed by atoms with van der Waals surface area (Å²) in [5, 5.41) is 3.05. The second kappa shape index (κ2) is 7.40. The van der Waals surface area contributed by atoms with Gasteiger partial charge in [-0.2, -0.15) is 13.2 Å². The Morgan fingerprint density at radius 3 is 2.41 bits per heavy atom. The fourth-order valence-corrected chi connectivity index (χ4v) is 2.56. The maximum Gasteiger partial charge on any atom is 0.433 e. The van der Waals surface area contributed by atoms with Crippen molar-refractivity contribution in [3.8, 4) is 0 Å². The van der Waals surface area contributed by atoms with Gasteiger partial charge in [-0.25, -0.2) is 9.37 Å². The van der Waals surface area contributed by atoms with Crippen LogP contribution in [-0.4, -0.2) is 9.55 Å². The lowest BCUT2D eigenvalue weighted by molar-refractivity contribution is -0.141. The van der Waals surface area contributed by atoms with Crippen LogP contribution in [0, 0.1) is 5.82 Å². The minimum absolute atomic E-state index is 0.0901. The number of hydrogen-bond acceptors (Lipinski definition) is 3. The van der Waals surface area contributed by atoms with Gasteiger partial charge in [0.25, 0.3) is 5.56 Å². The first kappa shape index (κ1) is 18.9. The van der Waals surface area contributed by atoms with Crippen molar-refractivity contribution < 1.29 is 17.6 Å². The van der Waals surface area contributed by atoms with Gasteiger partial charge in [-0.3, -0.25) is 9.36 Å². The summed E-state index contributed by atoms with van der Waals surface area (Å²) in [6, 6.07) is 11.9. The number of aromatic nitrogens is 2. The van der Waals surface area contributed by atoms with Gasteiger partial charge in [0, 0.05) is 16.8 Å². The zero-order valence-electron chi connectivity index (χ0n) is 13.6. The monoisotopic (exact) mass is 397 g/mol. The molecule has 140 valence electrons. The second-order valence-corrected chi connectivity index (χ2v) is 6.09. The Bertz CT molecular complexity index is 1020. The van der Waals surface area contributed by atoms with Crippen molar-refractivity contribution >= 4 is 23.2 Å². The minimum Gasteiger partial charge on any atom is -0.325 e. The summed E-state index contributed by atoms with van der Waals surface area (Å²) in [6.07, 6.45) is -4.78. The number of nitrogens with one attached hydrogen (secondary N) is 1. The Hall–Kier alpha value is -2.87. The minimum atomic E-state index is -4.78. The molecule has 0 fully saturated rings. The van der Waals surface area contributed by atoms with Crippen LogP contribution in [0.15, 0.2) is 59.4 Å². The van der Waals surface area contributed by atoms with Crippen LogP contribution in [0.4, 0.5) is 29.2 Å². The van der Waals surface area contributed by atoms with E-state index < -0.39 is 23.2 Å². The summed E-state index contributed by atoms with van der Waals surface area (Å²) in [5.74, 6) is -0.768. The molecule has 9 heteroatoms. The highest BCUT2D eigenvalue weighted by Gasteiger charge is 2.34. The molecule has 3 aromatic rings. The maximum absolute atomic E-state index is 13.1. The SMILES string of the molecule is O=c1cc(C(F)(F)F)nc(Nc2cccc(Cl)c2)n1Cc1ccc(F)cc1. The number of halogens is 5. The van der Waals surface area contributed by atoms with Crippen LogP contribution in [-0.2, 0) is 12.7 Å². The summed E-state index contributed by atoms with van der Waals surface area (Å²) in [7, 11) is 0. The Morgan fingerprint density at radius 2 is 1.78 bits per heavy atom. The van der Waals surface area contributed by atoms with Gasteiger partial charge in [0.1, 0.15) is 5.82 Å². The summed E-state index contributed by atoms with van der Waals surface area (Å²) in [5.41, 5.74) is -1.32. The second-order valence-electron chi connectivity index (χ2n) is 5.65. The average Bonchev–Trinajstić information content (AvgIpc) is 2.58. The van der Waals surface area contributed by atoms with E-state index in [1.54, 1.807) is 18.2 Å². The summed E-state index contributed by atoms with van der Waals surface area (Å²) in [4.78, 5) is 15.9. The van der Waals surface area contributed by atoms with E-state index in [4.69, 9.17) is 11.6 Å². The molecule has 0 bridgehead atoms. The predicted octanol–water partition coefficient (Wildman–Crippen LogP) is 4.85. The molecule has 4 nitrogen and oxygen atoms in total. The number of benzene rings is 2. The Balaban J connectivity index is 2.07.